The van der Waals surface area contributed by atoms with Gasteiger partial charge in [0.1, 0.15) is 0 Å². The van der Waals surface area contributed by atoms with Crippen LogP contribution in [0.4, 0.5) is 0 Å². The molecule has 0 radical (unpaired) electrons. The number of hydrogen-bond donors (Lipinski definition) is 1. The number of methoxy groups -OCH3 is 1. The Labute approximate surface area is 151 Å². The Kier molecular flexibility index (Phi) is 6.32. The quantitative estimate of drug-likeness (QED) is 0.657. The molecule has 0 aromatic heterocycles. The highest BCUT2D eigenvalue weighted by Gasteiger charge is 2.33. The van der Waals surface area contributed by atoms with Crippen LogP contribution in [0.1, 0.15) is 24.8 Å². The largest absolute Gasteiger partial charge is 0.381 e. The lowest BCUT2D eigenvalue weighted by Crippen LogP contribution is -2.51. The topological polar surface area (TPSA) is 46.1 Å². The molecule has 25 heavy (non-hydrogen) atoms. The first kappa shape index (κ1) is 18.2. The first-order chi connectivity index (χ1) is 12.2. The summed E-state index contributed by atoms with van der Waals surface area (Å²) < 4.78 is 11.3. The molecule has 138 valence electrons. The molecule has 2 aliphatic heterocycles. The molecular formula is C20H31N3O2. The van der Waals surface area contributed by atoms with Gasteiger partial charge in [-0.2, -0.15) is 0 Å². The van der Waals surface area contributed by atoms with Crippen LogP contribution in [0.15, 0.2) is 35.3 Å². The van der Waals surface area contributed by atoms with E-state index in [0.29, 0.717) is 5.92 Å². The average molecular weight is 345 g/mol. The third-order valence-electron chi connectivity index (χ3n) is 5.57. The van der Waals surface area contributed by atoms with Crippen LogP contribution in [0.2, 0.25) is 0 Å². The van der Waals surface area contributed by atoms with Gasteiger partial charge in [-0.1, -0.05) is 30.3 Å². The minimum atomic E-state index is -0.128. The molecule has 1 aromatic carbocycles. The number of nitrogens with zero attached hydrogens (tertiary/aromatic N) is 2. The Bertz CT molecular complexity index is 555. The zero-order valence-electron chi connectivity index (χ0n) is 15.5. The lowest BCUT2D eigenvalue weighted by Gasteiger charge is -2.37. The second-order valence-corrected chi connectivity index (χ2v) is 7.19. The van der Waals surface area contributed by atoms with Crippen LogP contribution in [0.5, 0.6) is 0 Å². The van der Waals surface area contributed by atoms with Gasteiger partial charge in [0.05, 0.1) is 5.60 Å². The van der Waals surface area contributed by atoms with Crippen molar-refractivity contribution in [1.82, 2.24) is 10.2 Å². The van der Waals surface area contributed by atoms with Crippen LogP contribution in [0, 0.1) is 5.92 Å². The van der Waals surface area contributed by atoms with Crippen molar-refractivity contribution in [2.45, 2.75) is 31.3 Å². The number of aliphatic imine (C=N–C) groups is 1. The maximum atomic E-state index is 5.82. The molecule has 1 atom stereocenters. The van der Waals surface area contributed by atoms with E-state index in [4.69, 9.17) is 9.47 Å². The van der Waals surface area contributed by atoms with Gasteiger partial charge in [-0.3, -0.25) is 4.99 Å². The molecule has 1 unspecified atom stereocenters. The summed E-state index contributed by atoms with van der Waals surface area (Å²) in [5.74, 6) is 1.69. The van der Waals surface area contributed by atoms with E-state index in [1.807, 2.05) is 14.2 Å². The molecule has 3 rings (SSSR count). The Balaban J connectivity index is 1.52. The molecule has 0 aliphatic carbocycles. The summed E-state index contributed by atoms with van der Waals surface area (Å²) in [6.07, 6.45) is 4.24. The first-order valence-electron chi connectivity index (χ1n) is 9.37. The fourth-order valence-corrected chi connectivity index (χ4v) is 3.91. The molecule has 2 saturated heterocycles. The van der Waals surface area contributed by atoms with Crippen molar-refractivity contribution in [1.29, 1.82) is 0 Å². The Morgan fingerprint density at radius 3 is 2.76 bits per heavy atom. The lowest BCUT2D eigenvalue weighted by atomic mass is 9.94. The SMILES string of the molecule is CN=C(NCC1(OC)CCOCC1)N1CCC(Cc2ccccc2)C1. The fourth-order valence-electron chi connectivity index (χ4n) is 3.91. The molecule has 0 saturated carbocycles. The van der Waals surface area contributed by atoms with Gasteiger partial charge in [-0.15, -0.1) is 0 Å². The number of rotatable bonds is 5. The molecule has 1 aromatic rings. The summed E-state index contributed by atoms with van der Waals surface area (Å²) in [6.45, 7) is 4.48. The minimum Gasteiger partial charge on any atom is -0.381 e. The van der Waals surface area contributed by atoms with Crippen molar-refractivity contribution in [3.63, 3.8) is 0 Å². The van der Waals surface area contributed by atoms with Gasteiger partial charge >= 0.3 is 0 Å². The van der Waals surface area contributed by atoms with Crippen LogP contribution in [-0.4, -0.2) is 63.5 Å². The van der Waals surface area contributed by atoms with Crippen molar-refractivity contribution in [3.8, 4) is 0 Å². The van der Waals surface area contributed by atoms with E-state index in [9.17, 15) is 0 Å². The van der Waals surface area contributed by atoms with E-state index in [2.05, 4.69) is 45.5 Å². The van der Waals surface area contributed by atoms with Crippen LogP contribution in [0.25, 0.3) is 0 Å². The lowest BCUT2D eigenvalue weighted by molar-refractivity contribution is -0.0857. The minimum absolute atomic E-state index is 0.128. The maximum absolute atomic E-state index is 5.82. The van der Waals surface area contributed by atoms with E-state index >= 15 is 0 Å². The molecule has 2 heterocycles. The third kappa shape index (κ3) is 4.73. The Morgan fingerprint density at radius 2 is 2.08 bits per heavy atom. The summed E-state index contributed by atoms with van der Waals surface area (Å²) >= 11 is 0. The number of nitrogens with one attached hydrogen (secondary N) is 1. The van der Waals surface area contributed by atoms with Crippen molar-refractivity contribution in [2.75, 3.05) is 47.0 Å². The van der Waals surface area contributed by atoms with Crippen molar-refractivity contribution in [3.05, 3.63) is 35.9 Å². The Morgan fingerprint density at radius 1 is 1.32 bits per heavy atom. The Hall–Kier alpha value is -1.59. The van der Waals surface area contributed by atoms with E-state index in [1.54, 1.807) is 0 Å². The van der Waals surface area contributed by atoms with Gasteiger partial charge in [0, 0.05) is 59.8 Å². The third-order valence-corrected chi connectivity index (χ3v) is 5.57. The predicted octanol–water partition coefficient (Wildman–Crippen LogP) is 2.32. The standard InChI is InChI=1S/C20H31N3O2/c1-21-19(22-16-20(24-2)9-12-25-13-10-20)23-11-8-18(15-23)14-17-6-4-3-5-7-17/h3-7,18H,8-16H2,1-2H3,(H,21,22). The summed E-state index contributed by atoms with van der Waals surface area (Å²) in [4.78, 5) is 6.89. The molecule has 5 heteroatoms. The van der Waals surface area contributed by atoms with Crippen LogP contribution < -0.4 is 5.32 Å². The molecule has 1 N–H and O–H groups in total. The van der Waals surface area contributed by atoms with Crippen LogP contribution >= 0.6 is 0 Å². The van der Waals surface area contributed by atoms with Gasteiger partial charge in [0.25, 0.3) is 0 Å². The van der Waals surface area contributed by atoms with E-state index in [0.717, 1.165) is 58.1 Å². The summed E-state index contributed by atoms with van der Waals surface area (Å²) in [5, 5.41) is 3.55. The highest BCUT2D eigenvalue weighted by Crippen LogP contribution is 2.24. The zero-order valence-corrected chi connectivity index (χ0v) is 15.5. The average Bonchev–Trinajstić information content (AvgIpc) is 3.12. The molecule has 0 bridgehead atoms. The van der Waals surface area contributed by atoms with Crippen molar-refractivity contribution in [2.24, 2.45) is 10.9 Å². The number of ether oxygens (including phenoxy) is 2. The highest BCUT2D eigenvalue weighted by molar-refractivity contribution is 5.80. The van der Waals surface area contributed by atoms with Crippen LogP contribution in [0.3, 0.4) is 0 Å². The molecule has 2 aliphatic rings. The van der Waals surface area contributed by atoms with E-state index in [-0.39, 0.29) is 5.60 Å². The van der Waals surface area contributed by atoms with Crippen LogP contribution in [-0.2, 0) is 15.9 Å². The number of hydrogen-bond acceptors (Lipinski definition) is 3. The summed E-state index contributed by atoms with van der Waals surface area (Å²) in [7, 11) is 3.68. The van der Waals surface area contributed by atoms with Crippen molar-refractivity contribution >= 4 is 5.96 Å². The van der Waals surface area contributed by atoms with E-state index in [1.165, 1.54) is 12.0 Å². The monoisotopic (exact) mass is 345 g/mol. The first-order valence-corrected chi connectivity index (χ1v) is 9.37. The van der Waals surface area contributed by atoms with Gasteiger partial charge in [0.2, 0.25) is 0 Å². The second kappa shape index (κ2) is 8.68. The van der Waals surface area contributed by atoms with Gasteiger partial charge in [-0.25, -0.2) is 0 Å². The predicted molar refractivity (Wildman–Crippen MR) is 101 cm³/mol. The summed E-state index contributed by atoms with van der Waals surface area (Å²) in [5.41, 5.74) is 1.30. The molecule has 5 nitrogen and oxygen atoms in total. The van der Waals surface area contributed by atoms with Gasteiger partial charge < -0.3 is 19.7 Å². The van der Waals surface area contributed by atoms with Gasteiger partial charge in [-0.05, 0) is 24.3 Å². The van der Waals surface area contributed by atoms with E-state index < -0.39 is 0 Å². The number of benzene rings is 1. The fraction of sp³-hybridized carbons (Fsp3) is 0.650. The zero-order chi connectivity index (χ0) is 17.5. The molecule has 0 spiro atoms. The number of likely N-dealkylation sites (tertiary alicyclic amines) is 1. The smallest absolute Gasteiger partial charge is 0.193 e. The second-order valence-electron chi connectivity index (χ2n) is 7.19. The highest BCUT2D eigenvalue weighted by atomic mass is 16.5. The van der Waals surface area contributed by atoms with Crippen molar-refractivity contribution < 1.29 is 9.47 Å². The normalized spacial score (nSPS) is 23.7. The molecule has 0 amide bonds. The van der Waals surface area contributed by atoms with Gasteiger partial charge in [0.15, 0.2) is 5.96 Å². The maximum Gasteiger partial charge on any atom is 0.193 e. The summed E-state index contributed by atoms with van der Waals surface area (Å²) in [6, 6.07) is 10.8. The number of guanidine groups is 1. The molecular weight excluding hydrogens is 314 g/mol. The molecule has 2 fully saturated rings.